The summed E-state index contributed by atoms with van der Waals surface area (Å²) in [4.78, 5) is 25.0. The molecule has 0 saturated carbocycles. The Morgan fingerprint density at radius 1 is 0.833 bits per heavy atom. The maximum Gasteiger partial charge on any atom is 0.240 e. The molecule has 0 unspecified atom stereocenters. The summed E-state index contributed by atoms with van der Waals surface area (Å²) < 4.78 is 0. The van der Waals surface area contributed by atoms with Crippen molar-refractivity contribution >= 4 is 11.8 Å². The lowest BCUT2D eigenvalue weighted by Gasteiger charge is -2.36. The molecule has 4 nitrogen and oxygen atoms in total. The summed E-state index contributed by atoms with van der Waals surface area (Å²) in [6, 6.07) is 29.1. The van der Waals surface area contributed by atoms with Gasteiger partial charge >= 0.3 is 0 Å². The maximum atomic E-state index is 13.2. The van der Waals surface area contributed by atoms with Crippen molar-refractivity contribution in [3.8, 4) is 0 Å². The van der Waals surface area contributed by atoms with E-state index in [9.17, 15) is 9.59 Å². The van der Waals surface area contributed by atoms with E-state index in [4.69, 9.17) is 5.73 Å². The number of nitrogens with one attached hydrogen (secondary N) is 1. The molecule has 0 aliphatic heterocycles. The first-order valence-electron chi connectivity index (χ1n) is 9.94. The van der Waals surface area contributed by atoms with Crippen LogP contribution in [0.15, 0.2) is 104 Å². The Labute approximate surface area is 177 Å². The first-order chi connectivity index (χ1) is 14.6. The van der Waals surface area contributed by atoms with Crippen LogP contribution in [0.3, 0.4) is 0 Å². The van der Waals surface area contributed by atoms with Gasteiger partial charge in [-0.15, -0.1) is 6.58 Å². The van der Waals surface area contributed by atoms with E-state index >= 15 is 0 Å². The number of carbonyl (C=O) groups excluding carboxylic acids is 2. The number of hydrogen-bond acceptors (Lipinski definition) is 2. The van der Waals surface area contributed by atoms with E-state index in [1.165, 1.54) is 0 Å². The first kappa shape index (κ1) is 21.1. The highest BCUT2D eigenvalue weighted by Gasteiger charge is 2.38. The molecule has 1 atom stereocenters. The third-order valence-electron chi connectivity index (χ3n) is 5.31. The van der Waals surface area contributed by atoms with Gasteiger partial charge in [-0.1, -0.05) is 97.1 Å². The molecule has 3 N–H and O–H groups in total. The molecule has 30 heavy (non-hydrogen) atoms. The molecule has 0 saturated heterocycles. The number of hydrogen-bond donors (Lipinski definition) is 2. The lowest BCUT2D eigenvalue weighted by atomic mass is 9.67. The summed E-state index contributed by atoms with van der Waals surface area (Å²) in [5.74, 6) is -0.829. The highest BCUT2D eigenvalue weighted by Crippen LogP contribution is 2.42. The van der Waals surface area contributed by atoms with E-state index in [1.807, 2.05) is 91.0 Å². The van der Waals surface area contributed by atoms with Crippen LogP contribution in [0, 0.1) is 0 Å². The number of benzene rings is 3. The Balaban J connectivity index is 2.13. The van der Waals surface area contributed by atoms with Gasteiger partial charge in [0.1, 0.15) is 6.04 Å². The molecule has 0 fully saturated rings. The first-order valence-corrected chi connectivity index (χ1v) is 9.94. The second-order valence-electron chi connectivity index (χ2n) is 7.23. The van der Waals surface area contributed by atoms with Crippen LogP contribution in [0.25, 0.3) is 0 Å². The molecule has 0 aromatic heterocycles. The van der Waals surface area contributed by atoms with E-state index in [2.05, 4.69) is 11.9 Å². The average Bonchev–Trinajstić information content (AvgIpc) is 2.79. The second-order valence-corrected chi connectivity index (χ2v) is 7.23. The molecular formula is C26H26N2O2. The van der Waals surface area contributed by atoms with Gasteiger partial charge in [-0.2, -0.15) is 0 Å². The van der Waals surface area contributed by atoms with E-state index in [1.54, 1.807) is 6.08 Å². The van der Waals surface area contributed by atoms with Gasteiger partial charge in [-0.05, 0) is 23.1 Å². The zero-order valence-corrected chi connectivity index (χ0v) is 16.8. The van der Waals surface area contributed by atoms with Crippen molar-refractivity contribution in [1.29, 1.82) is 0 Å². The molecule has 0 bridgehead atoms. The largest absolute Gasteiger partial charge is 0.368 e. The smallest absolute Gasteiger partial charge is 0.240 e. The van der Waals surface area contributed by atoms with Crippen LogP contribution in [0.4, 0.5) is 0 Å². The summed E-state index contributed by atoms with van der Waals surface area (Å²) in [5.41, 5.74) is 7.74. The minimum atomic E-state index is -0.782. The molecule has 0 radical (unpaired) electrons. The SMILES string of the molecule is C=CC[C@H](NC(=O)CC(c1ccccc1)(c1ccccc1)c1ccccc1)C(N)=O. The number of rotatable bonds is 9. The van der Waals surface area contributed by atoms with Gasteiger partial charge in [-0.25, -0.2) is 0 Å². The second kappa shape index (κ2) is 9.70. The highest BCUT2D eigenvalue weighted by molar-refractivity contribution is 5.88. The normalized spacial score (nSPS) is 12.0. The number of carbonyl (C=O) groups is 2. The summed E-state index contributed by atoms with van der Waals surface area (Å²) in [7, 11) is 0. The van der Waals surface area contributed by atoms with Crippen molar-refractivity contribution in [2.24, 2.45) is 5.73 Å². The van der Waals surface area contributed by atoms with E-state index < -0.39 is 17.4 Å². The van der Waals surface area contributed by atoms with Crippen LogP contribution in [0.2, 0.25) is 0 Å². The molecule has 3 rings (SSSR count). The van der Waals surface area contributed by atoms with E-state index in [0.29, 0.717) is 0 Å². The summed E-state index contributed by atoms with van der Waals surface area (Å²) in [5, 5.41) is 2.80. The van der Waals surface area contributed by atoms with Crippen LogP contribution < -0.4 is 11.1 Å². The quantitative estimate of drug-likeness (QED) is 0.423. The molecule has 2 amide bonds. The van der Waals surface area contributed by atoms with Crippen molar-refractivity contribution < 1.29 is 9.59 Å². The minimum Gasteiger partial charge on any atom is -0.368 e. The van der Waals surface area contributed by atoms with Crippen molar-refractivity contribution in [1.82, 2.24) is 5.32 Å². The fourth-order valence-electron chi connectivity index (χ4n) is 3.87. The fraction of sp³-hybridized carbons (Fsp3) is 0.154. The lowest BCUT2D eigenvalue weighted by molar-refractivity contribution is -0.127. The fourth-order valence-corrected chi connectivity index (χ4v) is 3.87. The standard InChI is InChI=1S/C26H26N2O2/c1-2-12-23(25(27)30)28-24(29)19-26(20-13-6-3-7-14-20,21-15-8-4-9-16-21)22-17-10-5-11-18-22/h2-11,13-18,23H,1,12,19H2,(H2,27,30)(H,28,29)/t23-/m0/s1. The van der Waals surface area contributed by atoms with Crippen LogP contribution in [0.5, 0.6) is 0 Å². The molecule has 3 aromatic carbocycles. The molecule has 0 spiro atoms. The van der Waals surface area contributed by atoms with Gasteiger partial charge in [-0.3, -0.25) is 9.59 Å². The van der Waals surface area contributed by atoms with Crippen LogP contribution >= 0.6 is 0 Å². The van der Waals surface area contributed by atoms with Gasteiger partial charge in [0.2, 0.25) is 11.8 Å². The van der Waals surface area contributed by atoms with Crippen LogP contribution in [-0.2, 0) is 15.0 Å². The Kier molecular flexibility index (Phi) is 6.81. The predicted molar refractivity (Wildman–Crippen MR) is 120 cm³/mol. The van der Waals surface area contributed by atoms with Gasteiger partial charge in [0.25, 0.3) is 0 Å². The van der Waals surface area contributed by atoms with Crippen LogP contribution in [0.1, 0.15) is 29.5 Å². The minimum absolute atomic E-state index is 0.131. The zero-order chi connectivity index (χ0) is 21.4. The van der Waals surface area contributed by atoms with E-state index in [-0.39, 0.29) is 18.7 Å². The number of amides is 2. The summed E-state index contributed by atoms with van der Waals surface area (Å²) in [6.45, 7) is 3.65. The van der Waals surface area contributed by atoms with Crippen molar-refractivity contribution in [2.75, 3.05) is 0 Å². The van der Waals surface area contributed by atoms with Crippen molar-refractivity contribution in [3.05, 3.63) is 120 Å². The van der Waals surface area contributed by atoms with Gasteiger partial charge in [0.05, 0.1) is 5.41 Å². The lowest BCUT2D eigenvalue weighted by Crippen LogP contribution is -2.46. The predicted octanol–water partition coefficient (Wildman–Crippen LogP) is 3.96. The van der Waals surface area contributed by atoms with Crippen molar-refractivity contribution in [2.45, 2.75) is 24.3 Å². The Morgan fingerprint density at radius 2 is 1.23 bits per heavy atom. The third-order valence-corrected chi connectivity index (χ3v) is 5.31. The zero-order valence-electron chi connectivity index (χ0n) is 16.8. The van der Waals surface area contributed by atoms with Crippen LogP contribution in [-0.4, -0.2) is 17.9 Å². The van der Waals surface area contributed by atoms with Gasteiger partial charge in [0, 0.05) is 6.42 Å². The average molecular weight is 399 g/mol. The Hall–Kier alpha value is -3.66. The third kappa shape index (κ3) is 4.49. The summed E-state index contributed by atoms with van der Waals surface area (Å²) >= 11 is 0. The van der Waals surface area contributed by atoms with Crippen molar-refractivity contribution in [3.63, 3.8) is 0 Å². The maximum absolute atomic E-state index is 13.2. The summed E-state index contributed by atoms with van der Waals surface area (Å²) in [6.07, 6.45) is 2.00. The molecule has 152 valence electrons. The van der Waals surface area contributed by atoms with E-state index in [0.717, 1.165) is 16.7 Å². The topological polar surface area (TPSA) is 72.2 Å². The highest BCUT2D eigenvalue weighted by atomic mass is 16.2. The molecule has 0 aliphatic carbocycles. The molecule has 0 aliphatic rings. The molecular weight excluding hydrogens is 372 g/mol. The molecule has 4 heteroatoms. The Morgan fingerprint density at radius 3 is 1.57 bits per heavy atom. The monoisotopic (exact) mass is 398 g/mol. The molecule has 3 aromatic rings. The van der Waals surface area contributed by atoms with Gasteiger partial charge < -0.3 is 11.1 Å². The van der Waals surface area contributed by atoms with Gasteiger partial charge in [0.15, 0.2) is 0 Å². The Bertz CT molecular complexity index is 889. The number of primary amides is 1. The number of nitrogens with two attached hydrogens (primary N) is 1. The molecule has 0 heterocycles.